The molecule has 16 heavy (non-hydrogen) atoms. The van der Waals surface area contributed by atoms with E-state index >= 15 is 0 Å². The molecule has 0 fully saturated rings. The van der Waals surface area contributed by atoms with Gasteiger partial charge < -0.3 is 0 Å². The van der Waals surface area contributed by atoms with Crippen molar-refractivity contribution in [2.75, 3.05) is 0 Å². The topological polar surface area (TPSA) is 17.1 Å². The predicted molar refractivity (Wildman–Crippen MR) is 73.2 cm³/mol. The number of rotatable bonds is 2. The molecule has 1 atom stereocenters. The highest BCUT2D eigenvalue weighted by molar-refractivity contribution is 6.92. The van der Waals surface area contributed by atoms with Crippen LogP contribution in [0.4, 0.5) is 0 Å². The van der Waals surface area contributed by atoms with Gasteiger partial charge in [0.05, 0.1) is 0 Å². The normalized spacial score (nSPS) is 8.50. The van der Waals surface area contributed by atoms with E-state index in [1.165, 1.54) is 0 Å². The van der Waals surface area contributed by atoms with Gasteiger partial charge >= 0.3 is 0 Å². The lowest BCUT2D eigenvalue weighted by atomic mass is 10.0. The summed E-state index contributed by atoms with van der Waals surface area (Å²) >= 11 is 0. The fourth-order valence-electron chi connectivity index (χ4n) is 1.35. The molecule has 0 bridgehead atoms. The molecule has 0 saturated heterocycles. The summed E-state index contributed by atoms with van der Waals surface area (Å²) in [6, 6.07) is 18.6. The van der Waals surface area contributed by atoms with Crippen LogP contribution < -0.4 is 0 Å². The van der Waals surface area contributed by atoms with E-state index in [1.807, 2.05) is 60.7 Å². The number of carbonyl (C=O) groups excluding carboxylic acids is 1. The Hall–Kier alpha value is -1.24. The maximum atomic E-state index is 11.8. The highest BCUT2D eigenvalue weighted by Gasteiger charge is 2.06. The number of carbonyl (C=O) groups is 1. The second-order valence-electron chi connectivity index (χ2n) is 3.06. The van der Waals surface area contributed by atoms with Crippen LogP contribution >= 0.6 is 9.90 Å². The minimum absolute atomic E-state index is 0. The Morgan fingerprint density at radius 1 is 0.688 bits per heavy atom. The van der Waals surface area contributed by atoms with Gasteiger partial charge in [0.2, 0.25) is 0 Å². The molecule has 0 aliphatic heterocycles. The Balaban J connectivity index is 0.00000112. The van der Waals surface area contributed by atoms with E-state index in [2.05, 4.69) is 0 Å². The summed E-state index contributed by atoms with van der Waals surface area (Å²) in [6.45, 7) is 0. The molecule has 0 aliphatic carbocycles. The van der Waals surface area contributed by atoms with Gasteiger partial charge in [-0.1, -0.05) is 60.7 Å². The maximum Gasteiger partial charge on any atom is 0.193 e. The third-order valence-corrected chi connectivity index (χ3v) is 2.07. The molecule has 3 heteroatoms. The zero-order chi connectivity index (χ0) is 9.80. The van der Waals surface area contributed by atoms with Crippen molar-refractivity contribution in [3.63, 3.8) is 0 Å². The first kappa shape index (κ1) is 14.8. The van der Waals surface area contributed by atoms with E-state index in [0.717, 1.165) is 11.1 Å². The minimum atomic E-state index is 0. The number of hydrogen-bond donors (Lipinski definition) is 0. The van der Waals surface area contributed by atoms with Crippen LogP contribution in [0.25, 0.3) is 0 Å². The third-order valence-electron chi connectivity index (χ3n) is 2.07. The molecule has 2 rings (SSSR count). The van der Waals surface area contributed by atoms with E-state index < -0.39 is 0 Å². The molecule has 2 aromatic carbocycles. The molecule has 80 valence electrons. The Morgan fingerprint density at radius 2 is 1.00 bits per heavy atom. The van der Waals surface area contributed by atoms with Crippen molar-refractivity contribution in [1.29, 1.82) is 0 Å². The molecule has 0 aromatic heterocycles. The molecular weight excluding hydrogens is 231 g/mol. The average Bonchev–Trinajstić information content (AvgIpc) is 2.30. The molecule has 4 radical (unpaired) electrons. The highest BCUT2D eigenvalue weighted by Crippen LogP contribution is 2.08. The van der Waals surface area contributed by atoms with Crippen LogP contribution in [0.2, 0.25) is 0 Å². The number of benzene rings is 2. The van der Waals surface area contributed by atoms with Gasteiger partial charge in [-0.25, -0.2) is 0 Å². The van der Waals surface area contributed by atoms with E-state index in [0.29, 0.717) is 0 Å². The van der Waals surface area contributed by atoms with E-state index in [9.17, 15) is 4.79 Å². The number of ketones is 1. The zero-order valence-corrected chi connectivity index (χ0v) is 11.3. The first-order chi connectivity index (χ1) is 6.88. The van der Waals surface area contributed by atoms with Crippen molar-refractivity contribution in [1.82, 2.24) is 0 Å². The van der Waals surface area contributed by atoms with Crippen LogP contribution in [0, 0.1) is 0 Å². The molecule has 1 unspecified atom stereocenters. The van der Waals surface area contributed by atoms with Crippen LogP contribution in [0.15, 0.2) is 60.7 Å². The second kappa shape index (κ2) is 7.10. The minimum Gasteiger partial charge on any atom is -0.289 e. The molecule has 0 spiro atoms. The van der Waals surface area contributed by atoms with Gasteiger partial charge in [-0.15, -0.1) is 0 Å². The molecular formula is C13H13OPSi. The van der Waals surface area contributed by atoms with E-state index in [1.54, 1.807) is 0 Å². The molecule has 0 N–H and O–H groups in total. The first-order valence-corrected chi connectivity index (χ1v) is 4.53. The highest BCUT2D eigenvalue weighted by atomic mass is 31.0. The van der Waals surface area contributed by atoms with Gasteiger partial charge in [-0.05, 0) is 0 Å². The zero-order valence-electron chi connectivity index (χ0n) is 8.89. The summed E-state index contributed by atoms with van der Waals surface area (Å²) in [5.74, 6) is 0.0752. The van der Waals surface area contributed by atoms with Crippen LogP contribution in [-0.2, 0) is 0 Å². The quantitative estimate of drug-likeness (QED) is 0.451. The van der Waals surface area contributed by atoms with Crippen LogP contribution in [-0.4, -0.2) is 16.7 Å². The van der Waals surface area contributed by atoms with E-state index in [-0.39, 0.29) is 26.6 Å². The lowest BCUT2D eigenvalue weighted by Gasteiger charge is -1.99. The third kappa shape index (κ3) is 3.40. The predicted octanol–water partition coefficient (Wildman–Crippen LogP) is 2.59. The number of hydrogen-bond acceptors (Lipinski definition) is 1. The average molecular weight is 244 g/mol. The SMILES string of the molecule is O=C(c1ccccc1)c1ccccc1.P.[Si]. The summed E-state index contributed by atoms with van der Waals surface area (Å²) in [5, 5.41) is 0. The molecule has 0 aliphatic rings. The standard InChI is InChI=1S/C13H10O.H3P.Si/c14-13(11-7-3-1-4-8-11)12-9-5-2-6-10-12;;/h1-10H;1H3;. The molecule has 1 nitrogen and oxygen atoms in total. The van der Waals surface area contributed by atoms with Gasteiger partial charge in [0.15, 0.2) is 5.78 Å². The van der Waals surface area contributed by atoms with Gasteiger partial charge in [-0.2, -0.15) is 9.90 Å². The van der Waals surface area contributed by atoms with Crippen molar-refractivity contribution in [3.05, 3.63) is 71.8 Å². The van der Waals surface area contributed by atoms with Crippen molar-refractivity contribution < 1.29 is 4.79 Å². The smallest absolute Gasteiger partial charge is 0.193 e. The molecule has 0 saturated carbocycles. The summed E-state index contributed by atoms with van der Waals surface area (Å²) in [6.07, 6.45) is 0. The van der Waals surface area contributed by atoms with Crippen molar-refractivity contribution in [3.8, 4) is 0 Å². The Labute approximate surface area is 104 Å². The van der Waals surface area contributed by atoms with Crippen LogP contribution in [0.3, 0.4) is 0 Å². The molecule has 0 heterocycles. The second-order valence-corrected chi connectivity index (χ2v) is 3.06. The summed E-state index contributed by atoms with van der Waals surface area (Å²) in [5.41, 5.74) is 1.47. The Morgan fingerprint density at radius 3 is 1.31 bits per heavy atom. The Kier molecular flexibility index (Phi) is 6.55. The lowest BCUT2D eigenvalue weighted by Crippen LogP contribution is -1.99. The van der Waals surface area contributed by atoms with Gasteiger partial charge in [0, 0.05) is 22.1 Å². The fourth-order valence-corrected chi connectivity index (χ4v) is 1.35. The fraction of sp³-hybridized carbons (Fsp3) is 0. The van der Waals surface area contributed by atoms with Crippen LogP contribution in [0.1, 0.15) is 15.9 Å². The van der Waals surface area contributed by atoms with Crippen molar-refractivity contribution in [2.45, 2.75) is 0 Å². The lowest BCUT2D eigenvalue weighted by molar-refractivity contribution is 0.103. The van der Waals surface area contributed by atoms with Crippen molar-refractivity contribution in [2.24, 2.45) is 0 Å². The van der Waals surface area contributed by atoms with Gasteiger partial charge in [-0.3, -0.25) is 4.79 Å². The summed E-state index contributed by atoms with van der Waals surface area (Å²) < 4.78 is 0. The maximum absolute atomic E-state index is 11.8. The van der Waals surface area contributed by atoms with Gasteiger partial charge in [0.1, 0.15) is 0 Å². The molecule has 2 aromatic rings. The van der Waals surface area contributed by atoms with E-state index in [4.69, 9.17) is 0 Å². The monoisotopic (exact) mass is 244 g/mol. The van der Waals surface area contributed by atoms with Crippen molar-refractivity contribution >= 4 is 26.6 Å². The largest absolute Gasteiger partial charge is 0.289 e. The summed E-state index contributed by atoms with van der Waals surface area (Å²) in [4.78, 5) is 11.8. The van der Waals surface area contributed by atoms with Gasteiger partial charge in [0.25, 0.3) is 0 Å². The summed E-state index contributed by atoms with van der Waals surface area (Å²) in [7, 11) is 0. The van der Waals surface area contributed by atoms with Crippen LogP contribution in [0.5, 0.6) is 0 Å². The Bertz CT molecular complexity index is 387. The molecule has 0 amide bonds. The first-order valence-electron chi connectivity index (χ1n) is 4.53.